The monoisotopic (exact) mass is 274 g/mol. The molecule has 0 aliphatic carbocycles. The standard InChI is InChI=1S/C14H18N4S/c1-9-7-11(14(15)16)8-13(17-9)18(3)10(2)12-5-4-6-19-12/h4-8,10H,1-3H3,(H3,15,16). The van der Waals surface area contributed by atoms with E-state index in [9.17, 15) is 0 Å². The number of pyridine rings is 1. The van der Waals surface area contributed by atoms with Crippen molar-refractivity contribution in [3.8, 4) is 0 Å². The van der Waals surface area contributed by atoms with E-state index >= 15 is 0 Å². The number of anilines is 1. The number of nitrogens with two attached hydrogens (primary N) is 1. The first-order valence-corrected chi connectivity index (χ1v) is 6.96. The molecule has 1 atom stereocenters. The summed E-state index contributed by atoms with van der Waals surface area (Å²) in [6.45, 7) is 4.06. The number of amidine groups is 1. The number of rotatable bonds is 4. The Balaban J connectivity index is 2.33. The van der Waals surface area contributed by atoms with Gasteiger partial charge in [-0.15, -0.1) is 11.3 Å². The lowest BCUT2D eigenvalue weighted by atomic mass is 10.2. The number of aromatic nitrogens is 1. The molecule has 0 radical (unpaired) electrons. The number of nitrogen functional groups attached to an aromatic ring is 1. The summed E-state index contributed by atoms with van der Waals surface area (Å²) in [5.74, 6) is 0.912. The van der Waals surface area contributed by atoms with Gasteiger partial charge in [-0.2, -0.15) is 0 Å². The molecule has 0 fully saturated rings. The van der Waals surface area contributed by atoms with Gasteiger partial charge in [0.05, 0.1) is 6.04 Å². The summed E-state index contributed by atoms with van der Waals surface area (Å²) in [6, 6.07) is 8.10. The number of nitrogens with one attached hydrogen (secondary N) is 1. The third kappa shape index (κ3) is 2.93. The van der Waals surface area contributed by atoms with E-state index in [4.69, 9.17) is 11.1 Å². The van der Waals surface area contributed by atoms with Crippen LogP contribution in [0.3, 0.4) is 0 Å². The van der Waals surface area contributed by atoms with Crippen LogP contribution in [0.4, 0.5) is 5.82 Å². The first-order valence-electron chi connectivity index (χ1n) is 6.08. The van der Waals surface area contributed by atoms with E-state index in [-0.39, 0.29) is 11.9 Å². The Morgan fingerprint density at radius 1 is 1.47 bits per heavy atom. The molecule has 0 amide bonds. The van der Waals surface area contributed by atoms with Crippen LogP contribution in [0.2, 0.25) is 0 Å². The molecule has 0 saturated carbocycles. The molecule has 2 aromatic rings. The van der Waals surface area contributed by atoms with E-state index in [1.54, 1.807) is 11.3 Å². The molecule has 100 valence electrons. The fraction of sp³-hybridized carbons (Fsp3) is 0.286. The van der Waals surface area contributed by atoms with Gasteiger partial charge in [0.15, 0.2) is 0 Å². The normalized spacial score (nSPS) is 12.2. The van der Waals surface area contributed by atoms with Gasteiger partial charge in [0.2, 0.25) is 0 Å². The first kappa shape index (κ1) is 13.5. The zero-order valence-electron chi connectivity index (χ0n) is 11.3. The molecule has 3 N–H and O–H groups in total. The number of aryl methyl sites for hydroxylation is 1. The quantitative estimate of drug-likeness (QED) is 0.665. The molecule has 1 unspecified atom stereocenters. The molecule has 2 aromatic heterocycles. The third-order valence-electron chi connectivity index (χ3n) is 3.15. The third-order valence-corrected chi connectivity index (χ3v) is 4.19. The SMILES string of the molecule is Cc1cc(C(=N)N)cc(N(C)C(C)c2cccs2)n1. The number of thiophene rings is 1. The Morgan fingerprint density at radius 2 is 2.21 bits per heavy atom. The minimum Gasteiger partial charge on any atom is -0.384 e. The highest BCUT2D eigenvalue weighted by Gasteiger charge is 2.15. The van der Waals surface area contributed by atoms with Gasteiger partial charge in [-0.25, -0.2) is 4.98 Å². The van der Waals surface area contributed by atoms with Crippen LogP contribution in [-0.2, 0) is 0 Å². The van der Waals surface area contributed by atoms with E-state index in [1.165, 1.54) is 4.88 Å². The summed E-state index contributed by atoms with van der Waals surface area (Å²) in [5.41, 5.74) is 7.15. The van der Waals surface area contributed by atoms with Crippen LogP contribution in [-0.4, -0.2) is 17.9 Å². The maximum Gasteiger partial charge on any atom is 0.129 e. The average molecular weight is 274 g/mol. The summed E-state index contributed by atoms with van der Waals surface area (Å²) < 4.78 is 0. The van der Waals surface area contributed by atoms with Gasteiger partial charge in [-0.1, -0.05) is 6.07 Å². The zero-order chi connectivity index (χ0) is 14.0. The van der Waals surface area contributed by atoms with Crippen LogP contribution in [0.25, 0.3) is 0 Å². The second kappa shape index (κ2) is 5.40. The molecule has 2 heterocycles. The van der Waals surface area contributed by atoms with Crippen LogP contribution in [0.15, 0.2) is 29.6 Å². The minimum absolute atomic E-state index is 0.0731. The minimum atomic E-state index is 0.0731. The Morgan fingerprint density at radius 3 is 2.79 bits per heavy atom. The molecule has 19 heavy (non-hydrogen) atoms. The Labute approximate surface area is 117 Å². The topological polar surface area (TPSA) is 66.0 Å². The van der Waals surface area contributed by atoms with Crippen molar-refractivity contribution in [2.45, 2.75) is 19.9 Å². The van der Waals surface area contributed by atoms with Crippen molar-refractivity contribution >= 4 is 23.0 Å². The smallest absolute Gasteiger partial charge is 0.129 e. The highest BCUT2D eigenvalue weighted by atomic mass is 32.1. The number of hydrogen-bond donors (Lipinski definition) is 2. The number of nitrogens with zero attached hydrogens (tertiary/aromatic N) is 2. The van der Waals surface area contributed by atoms with Crippen molar-refractivity contribution in [2.75, 3.05) is 11.9 Å². The fourth-order valence-electron chi connectivity index (χ4n) is 1.91. The van der Waals surface area contributed by atoms with Crippen molar-refractivity contribution in [3.05, 3.63) is 45.8 Å². The molecular weight excluding hydrogens is 256 g/mol. The van der Waals surface area contributed by atoms with Gasteiger partial charge in [-0.3, -0.25) is 5.41 Å². The predicted octanol–water partition coefficient (Wildman–Crippen LogP) is 2.93. The lowest BCUT2D eigenvalue weighted by Crippen LogP contribution is -2.23. The summed E-state index contributed by atoms with van der Waals surface area (Å²) >= 11 is 1.73. The van der Waals surface area contributed by atoms with Crippen LogP contribution >= 0.6 is 11.3 Å². The zero-order valence-corrected chi connectivity index (χ0v) is 12.2. The van der Waals surface area contributed by atoms with E-state index in [0.717, 1.165) is 11.5 Å². The summed E-state index contributed by atoms with van der Waals surface area (Å²) in [6.07, 6.45) is 0. The van der Waals surface area contributed by atoms with Crippen molar-refractivity contribution < 1.29 is 0 Å². The highest BCUT2D eigenvalue weighted by molar-refractivity contribution is 7.10. The van der Waals surface area contributed by atoms with Crippen LogP contribution in [0, 0.1) is 12.3 Å². The average Bonchev–Trinajstić information content (AvgIpc) is 2.90. The molecular formula is C14H18N4S. The Hall–Kier alpha value is -1.88. The molecule has 0 aliphatic heterocycles. The summed E-state index contributed by atoms with van der Waals surface area (Å²) in [5, 5.41) is 9.62. The Bertz CT molecular complexity index is 577. The summed E-state index contributed by atoms with van der Waals surface area (Å²) in [7, 11) is 2.01. The van der Waals surface area contributed by atoms with Crippen LogP contribution < -0.4 is 10.6 Å². The molecule has 4 nitrogen and oxygen atoms in total. The van der Waals surface area contributed by atoms with E-state index < -0.39 is 0 Å². The number of hydrogen-bond acceptors (Lipinski definition) is 4. The largest absolute Gasteiger partial charge is 0.384 e. The second-order valence-corrected chi connectivity index (χ2v) is 5.55. The first-order chi connectivity index (χ1) is 8.99. The van der Waals surface area contributed by atoms with Gasteiger partial charge in [-0.05, 0) is 37.4 Å². The van der Waals surface area contributed by atoms with Gasteiger partial charge < -0.3 is 10.6 Å². The van der Waals surface area contributed by atoms with Gasteiger partial charge in [0.1, 0.15) is 11.7 Å². The molecule has 0 bridgehead atoms. The maximum absolute atomic E-state index is 7.55. The maximum atomic E-state index is 7.55. The lowest BCUT2D eigenvalue weighted by molar-refractivity contribution is 0.740. The van der Waals surface area contributed by atoms with Crippen molar-refractivity contribution in [2.24, 2.45) is 5.73 Å². The predicted molar refractivity (Wildman–Crippen MR) is 81.1 cm³/mol. The van der Waals surface area contributed by atoms with Crippen molar-refractivity contribution in [1.82, 2.24) is 4.98 Å². The highest BCUT2D eigenvalue weighted by Crippen LogP contribution is 2.27. The molecule has 0 spiro atoms. The fourth-order valence-corrected chi connectivity index (χ4v) is 2.73. The van der Waals surface area contributed by atoms with E-state index in [2.05, 4.69) is 34.3 Å². The second-order valence-electron chi connectivity index (χ2n) is 4.57. The Kier molecular flexibility index (Phi) is 3.85. The molecule has 2 rings (SSSR count). The van der Waals surface area contributed by atoms with Crippen LogP contribution in [0.5, 0.6) is 0 Å². The van der Waals surface area contributed by atoms with Gasteiger partial charge >= 0.3 is 0 Å². The molecule has 0 saturated heterocycles. The lowest BCUT2D eigenvalue weighted by Gasteiger charge is -2.25. The van der Waals surface area contributed by atoms with E-state index in [1.807, 2.05) is 26.1 Å². The van der Waals surface area contributed by atoms with Gasteiger partial charge in [0, 0.05) is 23.2 Å². The van der Waals surface area contributed by atoms with Crippen molar-refractivity contribution in [1.29, 1.82) is 5.41 Å². The van der Waals surface area contributed by atoms with Crippen molar-refractivity contribution in [3.63, 3.8) is 0 Å². The molecule has 5 heteroatoms. The summed E-state index contributed by atoms with van der Waals surface area (Å²) in [4.78, 5) is 7.92. The molecule has 0 aliphatic rings. The molecule has 0 aromatic carbocycles. The van der Waals surface area contributed by atoms with Gasteiger partial charge in [0.25, 0.3) is 0 Å². The van der Waals surface area contributed by atoms with Crippen LogP contribution in [0.1, 0.15) is 29.1 Å². The van der Waals surface area contributed by atoms with E-state index in [0.29, 0.717) is 5.56 Å².